The minimum absolute atomic E-state index is 0.356. The number of hydrogen-bond donors (Lipinski definition) is 3. The number of carbonyl (C=O) groups is 1. The number of aliphatic hydroxyl groups is 1. The predicted octanol–water partition coefficient (Wildman–Crippen LogP) is 4.05. The molecule has 6 nitrogen and oxygen atoms in total. The van der Waals surface area contributed by atoms with Gasteiger partial charge in [-0.25, -0.2) is 9.48 Å². The van der Waals surface area contributed by atoms with Crippen LogP contribution in [0.15, 0.2) is 54.6 Å². The predicted molar refractivity (Wildman–Crippen MR) is 113 cm³/mol. The topological polar surface area (TPSA) is 79.2 Å². The normalized spacial score (nSPS) is 18.6. The summed E-state index contributed by atoms with van der Waals surface area (Å²) in [7, 11) is 0. The molecule has 1 unspecified atom stereocenters. The summed E-state index contributed by atoms with van der Waals surface area (Å²) in [5.41, 5.74) is 4.79. The Bertz CT molecular complexity index is 1010. The lowest BCUT2D eigenvalue weighted by atomic mass is 9.98. The maximum atomic E-state index is 12.9. The summed E-state index contributed by atoms with van der Waals surface area (Å²) >= 11 is 0. The molecule has 1 aliphatic rings. The number of carbonyl (C=O) groups excluding carboxylic acids is 1. The van der Waals surface area contributed by atoms with Crippen molar-refractivity contribution in [3.05, 3.63) is 77.0 Å². The fourth-order valence-corrected chi connectivity index (χ4v) is 3.91. The zero-order valence-corrected chi connectivity index (χ0v) is 16.7. The fraction of sp³-hybridized carbons (Fsp3) is 0.304. The number of amides is 2. The molecule has 1 aromatic heterocycles. The number of nitrogens with one attached hydrogen (secondary N) is 2. The molecule has 0 saturated carbocycles. The Labute approximate surface area is 170 Å². The maximum absolute atomic E-state index is 12.9. The van der Waals surface area contributed by atoms with Crippen molar-refractivity contribution in [1.82, 2.24) is 15.1 Å². The van der Waals surface area contributed by atoms with E-state index in [1.165, 1.54) is 5.56 Å². The zero-order valence-electron chi connectivity index (χ0n) is 16.7. The Morgan fingerprint density at radius 1 is 1.10 bits per heavy atom. The third-order valence-corrected chi connectivity index (χ3v) is 5.60. The van der Waals surface area contributed by atoms with Gasteiger partial charge in [-0.15, -0.1) is 0 Å². The van der Waals surface area contributed by atoms with Gasteiger partial charge in [-0.1, -0.05) is 42.5 Å². The SMILES string of the molecule is Cc1nn(-c2ccccc2)c(NC(=O)NC2c3ccccc3CCC[C@H]2O)c1C. The number of aromatic nitrogens is 2. The highest BCUT2D eigenvalue weighted by molar-refractivity contribution is 5.90. The van der Waals surface area contributed by atoms with E-state index in [1.54, 1.807) is 4.68 Å². The largest absolute Gasteiger partial charge is 0.391 e. The molecule has 1 aliphatic carbocycles. The van der Waals surface area contributed by atoms with Gasteiger partial charge < -0.3 is 10.4 Å². The Hall–Kier alpha value is -3.12. The number of anilines is 1. The van der Waals surface area contributed by atoms with Crippen molar-refractivity contribution in [3.63, 3.8) is 0 Å². The van der Waals surface area contributed by atoms with Crippen molar-refractivity contribution in [2.24, 2.45) is 0 Å². The monoisotopic (exact) mass is 390 g/mol. The quantitative estimate of drug-likeness (QED) is 0.590. The summed E-state index contributed by atoms with van der Waals surface area (Å²) in [6.45, 7) is 3.86. The number of aliphatic hydroxyl groups excluding tert-OH is 1. The minimum atomic E-state index is -0.619. The van der Waals surface area contributed by atoms with Crippen molar-refractivity contribution in [1.29, 1.82) is 0 Å². The lowest BCUT2D eigenvalue weighted by Gasteiger charge is -2.24. The lowest BCUT2D eigenvalue weighted by Crippen LogP contribution is -2.39. The molecule has 3 aromatic rings. The number of nitrogens with zero attached hydrogens (tertiary/aromatic N) is 2. The van der Waals surface area contributed by atoms with E-state index < -0.39 is 12.1 Å². The van der Waals surface area contributed by atoms with E-state index in [2.05, 4.69) is 21.8 Å². The molecule has 0 spiro atoms. The van der Waals surface area contributed by atoms with Crippen LogP contribution in [0.5, 0.6) is 0 Å². The molecule has 0 aliphatic heterocycles. The number of aryl methyl sites for hydroxylation is 2. The number of hydrogen-bond acceptors (Lipinski definition) is 3. The van der Waals surface area contributed by atoms with Crippen LogP contribution in [0.2, 0.25) is 0 Å². The first-order valence-electron chi connectivity index (χ1n) is 9.99. The number of urea groups is 1. The summed E-state index contributed by atoms with van der Waals surface area (Å²) in [6, 6.07) is 16.9. The van der Waals surface area contributed by atoms with Crippen LogP contribution < -0.4 is 10.6 Å². The molecule has 1 heterocycles. The first-order valence-corrected chi connectivity index (χ1v) is 9.99. The maximum Gasteiger partial charge on any atom is 0.320 e. The molecular formula is C23H26N4O2. The smallest absolute Gasteiger partial charge is 0.320 e. The standard InChI is InChI=1S/C23H26N4O2/c1-15-16(2)26-27(18-11-4-3-5-12-18)22(15)25-23(29)24-21-19-13-7-6-9-17(19)10-8-14-20(21)28/h3-7,9,11-13,20-21,28H,8,10,14H2,1-2H3,(H2,24,25,29)/t20-,21?/m1/s1. The Morgan fingerprint density at radius 3 is 2.62 bits per heavy atom. The molecule has 150 valence electrons. The molecule has 6 heteroatoms. The van der Waals surface area contributed by atoms with Gasteiger partial charge in [0.05, 0.1) is 23.5 Å². The average molecular weight is 390 g/mol. The Morgan fingerprint density at radius 2 is 1.83 bits per heavy atom. The van der Waals surface area contributed by atoms with E-state index >= 15 is 0 Å². The molecule has 0 radical (unpaired) electrons. The van der Waals surface area contributed by atoms with Crippen LogP contribution >= 0.6 is 0 Å². The third kappa shape index (κ3) is 3.89. The van der Waals surface area contributed by atoms with Crippen molar-refractivity contribution in [3.8, 4) is 5.69 Å². The van der Waals surface area contributed by atoms with E-state index in [4.69, 9.17) is 0 Å². The van der Waals surface area contributed by atoms with Crippen LogP contribution in [-0.4, -0.2) is 27.0 Å². The summed E-state index contributed by atoms with van der Waals surface area (Å²) in [5.74, 6) is 0.627. The van der Waals surface area contributed by atoms with Crippen LogP contribution in [0.25, 0.3) is 5.69 Å². The molecule has 0 saturated heterocycles. The lowest BCUT2D eigenvalue weighted by molar-refractivity contribution is 0.123. The molecule has 2 amide bonds. The summed E-state index contributed by atoms with van der Waals surface area (Å²) in [5, 5.41) is 21.2. The van der Waals surface area contributed by atoms with E-state index in [1.807, 2.05) is 62.4 Å². The van der Waals surface area contributed by atoms with Crippen LogP contribution in [-0.2, 0) is 6.42 Å². The van der Waals surface area contributed by atoms with Gasteiger partial charge in [0, 0.05) is 5.56 Å². The highest BCUT2D eigenvalue weighted by atomic mass is 16.3. The highest BCUT2D eigenvalue weighted by Crippen LogP contribution is 2.29. The third-order valence-electron chi connectivity index (χ3n) is 5.60. The van der Waals surface area contributed by atoms with Gasteiger partial charge in [0.2, 0.25) is 0 Å². The van der Waals surface area contributed by atoms with E-state index in [0.717, 1.165) is 35.3 Å². The summed E-state index contributed by atoms with van der Waals surface area (Å²) in [6.07, 6.45) is 1.84. The molecule has 2 aromatic carbocycles. The van der Waals surface area contributed by atoms with Crippen LogP contribution in [0.3, 0.4) is 0 Å². The van der Waals surface area contributed by atoms with Gasteiger partial charge in [-0.3, -0.25) is 5.32 Å². The molecule has 0 bridgehead atoms. The fourth-order valence-electron chi connectivity index (χ4n) is 3.91. The number of para-hydroxylation sites is 1. The Kier molecular flexibility index (Phi) is 5.36. The number of rotatable bonds is 3. The molecule has 0 fully saturated rings. The number of fused-ring (bicyclic) bond motifs is 1. The molecule has 2 atom stereocenters. The van der Waals surface area contributed by atoms with E-state index in [0.29, 0.717) is 12.2 Å². The zero-order chi connectivity index (χ0) is 20.4. The van der Waals surface area contributed by atoms with Crippen LogP contribution in [0.4, 0.5) is 10.6 Å². The second-order valence-corrected chi connectivity index (χ2v) is 7.54. The number of benzene rings is 2. The van der Waals surface area contributed by atoms with Crippen molar-refractivity contribution in [2.45, 2.75) is 45.3 Å². The van der Waals surface area contributed by atoms with Gasteiger partial charge in [-0.05, 0) is 56.4 Å². The van der Waals surface area contributed by atoms with Crippen molar-refractivity contribution in [2.75, 3.05) is 5.32 Å². The summed E-state index contributed by atoms with van der Waals surface area (Å²) in [4.78, 5) is 12.9. The van der Waals surface area contributed by atoms with E-state index in [-0.39, 0.29) is 6.03 Å². The van der Waals surface area contributed by atoms with Gasteiger partial charge >= 0.3 is 6.03 Å². The Balaban J connectivity index is 1.60. The van der Waals surface area contributed by atoms with Crippen LogP contribution in [0, 0.1) is 13.8 Å². The van der Waals surface area contributed by atoms with Gasteiger partial charge in [0.15, 0.2) is 0 Å². The van der Waals surface area contributed by atoms with E-state index in [9.17, 15) is 9.90 Å². The van der Waals surface area contributed by atoms with Crippen LogP contribution in [0.1, 0.15) is 41.3 Å². The first kappa shape index (κ1) is 19.2. The molecule has 3 N–H and O–H groups in total. The first-order chi connectivity index (χ1) is 14.0. The molecule has 4 rings (SSSR count). The van der Waals surface area contributed by atoms with Crippen molar-refractivity contribution >= 4 is 11.8 Å². The van der Waals surface area contributed by atoms with Gasteiger partial charge in [0.25, 0.3) is 0 Å². The minimum Gasteiger partial charge on any atom is -0.391 e. The van der Waals surface area contributed by atoms with Gasteiger partial charge in [-0.2, -0.15) is 5.10 Å². The average Bonchev–Trinajstić information content (AvgIpc) is 2.91. The highest BCUT2D eigenvalue weighted by Gasteiger charge is 2.28. The summed E-state index contributed by atoms with van der Waals surface area (Å²) < 4.78 is 1.74. The second-order valence-electron chi connectivity index (χ2n) is 7.54. The van der Waals surface area contributed by atoms with Gasteiger partial charge in [0.1, 0.15) is 5.82 Å². The molecular weight excluding hydrogens is 364 g/mol. The second kappa shape index (κ2) is 8.09. The molecule has 29 heavy (non-hydrogen) atoms. The van der Waals surface area contributed by atoms with Crippen molar-refractivity contribution < 1.29 is 9.90 Å².